The van der Waals surface area contributed by atoms with Crippen LogP contribution in [-0.2, 0) is 9.53 Å². The highest BCUT2D eigenvalue weighted by molar-refractivity contribution is 6.00. The van der Waals surface area contributed by atoms with E-state index in [0.717, 1.165) is 39.0 Å². The van der Waals surface area contributed by atoms with Gasteiger partial charge in [0, 0.05) is 41.7 Å². The Morgan fingerprint density at radius 1 is 1.16 bits per heavy atom. The molecule has 1 aromatic heterocycles. The maximum absolute atomic E-state index is 12.7. The van der Waals surface area contributed by atoms with Crippen LogP contribution in [0.25, 0.3) is 27.7 Å². The highest BCUT2D eigenvalue weighted by Crippen LogP contribution is 2.38. The molecule has 2 heterocycles. The number of methoxy groups -OCH3 is 1. The molecule has 6 nitrogen and oxygen atoms in total. The maximum atomic E-state index is 12.7. The van der Waals surface area contributed by atoms with Crippen LogP contribution in [0, 0.1) is 0 Å². The molecule has 0 radical (unpaired) electrons. The zero-order valence-electron chi connectivity index (χ0n) is 18.1. The van der Waals surface area contributed by atoms with Crippen molar-refractivity contribution >= 4 is 22.4 Å². The first-order valence-corrected chi connectivity index (χ1v) is 10.5. The molecule has 0 N–H and O–H groups in total. The third kappa shape index (κ3) is 4.44. The van der Waals surface area contributed by atoms with Crippen molar-refractivity contribution in [3.8, 4) is 22.6 Å². The molecule has 162 valence electrons. The summed E-state index contributed by atoms with van der Waals surface area (Å²) in [6, 6.07) is 11.8. The first kappa shape index (κ1) is 21.0. The highest BCUT2D eigenvalue weighted by atomic mass is 16.5. The first-order chi connectivity index (χ1) is 15.1. The molecule has 1 saturated heterocycles. The van der Waals surface area contributed by atoms with E-state index in [2.05, 4.69) is 0 Å². The third-order valence-corrected chi connectivity index (χ3v) is 5.46. The summed E-state index contributed by atoms with van der Waals surface area (Å²) in [4.78, 5) is 14.5. The smallest absolute Gasteiger partial charge is 0.247 e. The number of fused-ring (bicyclic) bond motifs is 1. The van der Waals surface area contributed by atoms with Crippen molar-refractivity contribution < 1.29 is 23.4 Å². The molecule has 6 heteroatoms. The average molecular weight is 421 g/mol. The number of benzene rings is 2. The Labute approximate surface area is 182 Å². The van der Waals surface area contributed by atoms with Crippen LogP contribution in [0.1, 0.15) is 19.4 Å². The van der Waals surface area contributed by atoms with E-state index in [-0.39, 0.29) is 5.91 Å². The normalized spacial score (nSPS) is 14.7. The van der Waals surface area contributed by atoms with Crippen LogP contribution in [-0.4, -0.2) is 50.8 Å². The van der Waals surface area contributed by atoms with Gasteiger partial charge in [-0.2, -0.15) is 0 Å². The van der Waals surface area contributed by atoms with Gasteiger partial charge in [-0.1, -0.05) is 12.1 Å². The van der Waals surface area contributed by atoms with Gasteiger partial charge in [0.2, 0.25) is 5.91 Å². The number of morpholine rings is 1. The van der Waals surface area contributed by atoms with Crippen molar-refractivity contribution in [3.05, 3.63) is 54.3 Å². The maximum Gasteiger partial charge on any atom is 0.247 e. The molecule has 31 heavy (non-hydrogen) atoms. The monoisotopic (exact) mass is 421 g/mol. The van der Waals surface area contributed by atoms with Crippen molar-refractivity contribution in [1.29, 1.82) is 0 Å². The Bertz CT molecular complexity index is 1090. The minimum atomic E-state index is -0.00841. The Kier molecular flexibility index (Phi) is 6.28. The Balaban J connectivity index is 1.74. The standard InChI is InChI=1S/C25H27NO5/c1-4-30-23-15-24-21(22(16-31-24)18-5-7-19(28-3)8-6-18)14-20(23)17(2)13-25(27)26-9-11-29-12-10-26/h5-8,13-16H,4,9-12H2,1-3H3/b17-13+. The zero-order chi connectivity index (χ0) is 21.8. The second kappa shape index (κ2) is 9.27. The summed E-state index contributed by atoms with van der Waals surface area (Å²) < 4.78 is 22.3. The van der Waals surface area contributed by atoms with Crippen molar-refractivity contribution in [2.45, 2.75) is 13.8 Å². The molecule has 0 spiro atoms. The lowest BCUT2D eigenvalue weighted by atomic mass is 9.99. The third-order valence-electron chi connectivity index (χ3n) is 5.46. The number of rotatable bonds is 6. The summed E-state index contributed by atoms with van der Waals surface area (Å²) in [7, 11) is 1.65. The molecule has 3 aromatic rings. The molecule has 1 amide bonds. The van der Waals surface area contributed by atoms with Crippen LogP contribution in [0.4, 0.5) is 0 Å². The number of hydrogen-bond acceptors (Lipinski definition) is 5. The van der Waals surface area contributed by atoms with E-state index in [4.69, 9.17) is 18.6 Å². The van der Waals surface area contributed by atoms with Gasteiger partial charge >= 0.3 is 0 Å². The largest absolute Gasteiger partial charge is 0.497 e. The Morgan fingerprint density at radius 3 is 2.58 bits per heavy atom. The summed E-state index contributed by atoms with van der Waals surface area (Å²) >= 11 is 0. The predicted octanol–water partition coefficient (Wildman–Crippen LogP) is 4.77. The number of ether oxygens (including phenoxy) is 3. The summed E-state index contributed by atoms with van der Waals surface area (Å²) in [5.41, 5.74) is 4.48. The van der Waals surface area contributed by atoms with Gasteiger partial charge in [-0.25, -0.2) is 0 Å². The van der Waals surface area contributed by atoms with Gasteiger partial charge in [0.1, 0.15) is 17.1 Å². The number of carbonyl (C=O) groups excluding carboxylic acids is 1. The van der Waals surface area contributed by atoms with Crippen LogP contribution in [0.2, 0.25) is 0 Å². The topological polar surface area (TPSA) is 61.1 Å². The van der Waals surface area contributed by atoms with Crippen molar-refractivity contribution in [2.75, 3.05) is 40.0 Å². The summed E-state index contributed by atoms with van der Waals surface area (Å²) in [6.45, 7) is 6.79. The van der Waals surface area contributed by atoms with Gasteiger partial charge in [0.05, 0.1) is 33.2 Å². The van der Waals surface area contributed by atoms with Crippen molar-refractivity contribution in [2.24, 2.45) is 0 Å². The Morgan fingerprint density at radius 2 is 1.90 bits per heavy atom. The van der Waals surface area contributed by atoms with Gasteiger partial charge < -0.3 is 23.5 Å². The van der Waals surface area contributed by atoms with Crippen LogP contribution in [0.15, 0.2) is 53.2 Å². The fraction of sp³-hybridized carbons (Fsp3) is 0.320. The molecule has 1 fully saturated rings. The second-order valence-corrected chi connectivity index (χ2v) is 7.42. The molecular formula is C25H27NO5. The van der Waals surface area contributed by atoms with Gasteiger partial charge in [-0.05, 0) is 43.2 Å². The molecule has 0 saturated carbocycles. The van der Waals surface area contributed by atoms with E-state index in [1.165, 1.54) is 0 Å². The van der Waals surface area contributed by atoms with E-state index in [1.807, 2.05) is 55.1 Å². The summed E-state index contributed by atoms with van der Waals surface area (Å²) in [5.74, 6) is 1.50. The minimum absolute atomic E-state index is 0.00841. The predicted molar refractivity (Wildman–Crippen MR) is 120 cm³/mol. The van der Waals surface area contributed by atoms with Gasteiger partial charge in [0.25, 0.3) is 0 Å². The molecule has 2 aromatic carbocycles. The summed E-state index contributed by atoms with van der Waals surface area (Å²) in [6.07, 6.45) is 3.44. The van der Waals surface area contributed by atoms with Crippen molar-refractivity contribution in [1.82, 2.24) is 4.90 Å². The first-order valence-electron chi connectivity index (χ1n) is 10.5. The number of amides is 1. The molecule has 0 aliphatic carbocycles. The quantitative estimate of drug-likeness (QED) is 0.537. The number of carbonyl (C=O) groups is 1. The average Bonchev–Trinajstić information content (AvgIpc) is 3.22. The van der Waals surface area contributed by atoms with E-state index in [1.54, 1.807) is 19.4 Å². The van der Waals surface area contributed by atoms with Crippen LogP contribution in [0.3, 0.4) is 0 Å². The Hall–Kier alpha value is -3.25. The number of nitrogens with zero attached hydrogens (tertiary/aromatic N) is 1. The van der Waals surface area contributed by atoms with E-state index >= 15 is 0 Å². The lowest BCUT2D eigenvalue weighted by Crippen LogP contribution is -2.39. The highest BCUT2D eigenvalue weighted by Gasteiger charge is 2.18. The fourth-order valence-corrected chi connectivity index (χ4v) is 3.77. The molecule has 0 unspecified atom stereocenters. The number of allylic oxidation sites excluding steroid dienone is 1. The van der Waals surface area contributed by atoms with Gasteiger partial charge in [0.15, 0.2) is 0 Å². The molecule has 4 rings (SSSR count). The molecule has 0 bridgehead atoms. The molecule has 1 aliphatic heterocycles. The number of furan rings is 1. The second-order valence-electron chi connectivity index (χ2n) is 7.42. The zero-order valence-corrected chi connectivity index (χ0v) is 18.1. The van der Waals surface area contributed by atoms with E-state index < -0.39 is 0 Å². The van der Waals surface area contributed by atoms with E-state index in [9.17, 15) is 4.79 Å². The summed E-state index contributed by atoms with van der Waals surface area (Å²) in [5, 5.41) is 0.968. The fourth-order valence-electron chi connectivity index (χ4n) is 3.77. The van der Waals surface area contributed by atoms with Gasteiger partial charge in [-0.3, -0.25) is 4.79 Å². The molecule has 1 aliphatic rings. The van der Waals surface area contributed by atoms with Crippen LogP contribution < -0.4 is 9.47 Å². The lowest BCUT2D eigenvalue weighted by Gasteiger charge is -2.26. The number of hydrogen-bond donors (Lipinski definition) is 0. The van der Waals surface area contributed by atoms with Crippen molar-refractivity contribution in [3.63, 3.8) is 0 Å². The lowest BCUT2D eigenvalue weighted by molar-refractivity contribution is -0.129. The van der Waals surface area contributed by atoms with Crippen LogP contribution >= 0.6 is 0 Å². The minimum Gasteiger partial charge on any atom is -0.497 e. The molecule has 0 atom stereocenters. The van der Waals surface area contributed by atoms with Gasteiger partial charge in [-0.15, -0.1) is 0 Å². The molecular weight excluding hydrogens is 394 g/mol. The SMILES string of the molecule is CCOc1cc2occ(-c3ccc(OC)cc3)c2cc1/C(C)=C/C(=O)N1CCOCC1. The van der Waals surface area contributed by atoms with E-state index in [0.29, 0.717) is 38.7 Å². The van der Waals surface area contributed by atoms with Crippen LogP contribution in [0.5, 0.6) is 11.5 Å².